The topological polar surface area (TPSA) is 58.1 Å². The molecule has 0 radical (unpaired) electrons. The van der Waals surface area contributed by atoms with Gasteiger partial charge < -0.3 is 10.2 Å². The molecule has 1 aromatic rings. The Morgan fingerprint density at radius 2 is 2.13 bits per heavy atom. The summed E-state index contributed by atoms with van der Waals surface area (Å²) in [5, 5.41) is 2.59. The van der Waals surface area contributed by atoms with E-state index in [0.29, 0.717) is 6.54 Å². The fourth-order valence-corrected chi connectivity index (χ4v) is 2.45. The quantitative estimate of drug-likeness (QED) is 0.868. The van der Waals surface area contributed by atoms with Crippen molar-refractivity contribution in [1.29, 1.82) is 0 Å². The van der Waals surface area contributed by atoms with Gasteiger partial charge >= 0.3 is 12.2 Å². The van der Waals surface area contributed by atoms with Crippen LogP contribution in [0.2, 0.25) is 0 Å². The standard InChI is InChI=1S/C15H19F3N4O/c1-9(2)11-5-4-6-22(11)14(23)19-8-13-20-10(3)7-12(21-13)15(16,17)18/h4-5,7,9,11H,6,8H2,1-3H3,(H,19,23). The molecule has 2 rings (SSSR count). The van der Waals surface area contributed by atoms with Gasteiger partial charge in [0.15, 0.2) is 0 Å². The van der Waals surface area contributed by atoms with E-state index in [1.54, 1.807) is 4.90 Å². The Kier molecular flexibility index (Phi) is 4.91. The molecular weight excluding hydrogens is 309 g/mol. The summed E-state index contributed by atoms with van der Waals surface area (Å²) in [6.45, 7) is 5.79. The molecule has 1 N–H and O–H groups in total. The molecule has 1 aliphatic rings. The minimum absolute atomic E-state index is 0.0147. The van der Waals surface area contributed by atoms with Gasteiger partial charge in [0.05, 0.1) is 12.6 Å². The maximum Gasteiger partial charge on any atom is 0.433 e. The van der Waals surface area contributed by atoms with Crippen molar-refractivity contribution in [1.82, 2.24) is 20.2 Å². The third kappa shape index (κ3) is 4.20. The van der Waals surface area contributed by atoms with E-state index in [4.69, 9.17) is 0 Å². The number of rotatable bonds is 3. The Bertz CT molecular complexity index is 613. The van der Waals surface area contributed by atoms with Gasteiger partial charge in [0.2, 0.25) is 0 Å². The summed E-state index contributed by atoms with van der Waals surface area (Å²) >= 11 is 0. The zero-order chi connectivity index (χ0) is 17.2. The van der Waals surface area contributed by atoms with Crippen LogP contribution < -0.4 is 5.32 Å². The second-order valence-corrected chi connectivity index (χ2v) is 5.78. The van der Waals surface area contributed by atoms with Crippen molar-refractivity contribution in [2.24, 2.45) is 5.92 Å². The first-order valence-corrected chi connectivity index (χ1v) is 7.31. The van der Waals surface area contributed by atoms with Crippen molar-refractivity contribution in [3.63, 3.8) is 0 Å². The smallest absolute Gasteiger partial charge is 0.331 e. The fraction of sp³-hybridized carbons (Fsp3) is 0.533. The molecular formula is C15H19F3N4O. The molecule has 126 valence electrons. The lowest BCUT2D eigenvalue weighted by molar-refractivity contribution is -0.141. The van der Waals surface area contributed by atoms with E-state index < -0.39 is 11.9 Å². The van der Waals surface area contributed by atoms with Crippen LogP contribution in [-0.2, 0) is 12.7 Å². The zero-order valence-corrected chi connectivity index (χ0v) is 13.2. The molecule has 0 bridgehead atoms. The Hall–Kier alpha value is -2.12. The molecule has 0 aromatic carbocycles. The predicted molar refractivity (Wildman–Crippen MR) is 78.5 cm³/mol. The van der Waals surface area contributed by atoms with E-state index in [9.17, 15) is 18.0 Å². The Morgan fingerprint density at radius 1 is 1.43 bits per heavy atom. The normalized spacial score (nSPS) is 17.9. The molecule has 1 aliphatic heterocycles. The van der Waals surface area contributed by atoms with Crippen LogP contribution >= 0.6 is 0 Å². The molecule has 5 nitrogen and oxygen atoms in total. The van der Waals surface area contributed by atoms with Crippen LogP contribution in [0.1, 0.15) is 31.1 Å². The van der Waals surface area contributed by atoms with E-state index >= 15 is 0 Å². The highest BCUT2D eigenvalue weighted by molar-refractivity contribution is 5.75. The van der Waals surface area contributed by atoms with Gasteiger partial charge in [0.25, 0.3) is 0 Å². The average Bonchev–Trinajstić information content (AvgIpc) is 2.93. The molecule has 23 heavy (non-hydrogen) atoms. The van der Waals surface area contributed by atoms with Crippen LogP contribution in [0.5, 0.6) is 0 Å². The summed E-state index contributed by atoms with van der Waals surface area (Å²) in [6, 6.07) is 0.524. The second-order valence-electron chi connectivity index (χ2n) is 5.78. The van der Waals surface area contributed by atoms with E-state index in [1.807, 2.05) is 26.0 Å². The Labute approximate surface area is 132 Å². The first-order valence-electron chi connectivity index (χ1n) is 7.31. The van der Waals surface area contributed by atoms with Crippen LogP contribution in [-0.4, -0.2) is 33.5 Å². The van der Waals surface area contributed by atoms with Gasteiger partial charge in [-0.15, -0.1) is 0 Å². The highest BCUT2D eigenvalue weighted by Gasteiger charge is 2.33. The number of nitrogens with one attached hydrogen (secondary N) is 1. The van der Waals surface area contributed by atoms with Crippen molar-refractivity contribution in [2.75, 3.05) is 6.54 Å². The number of nitrogens with zero attached hydrogens (tertiary/aromatic N) is 3. The predicted octanol–water partition coefficient (Wildman–Crippen LogP) is 2.91. The lowest BCUT2D eigenvalue weighted by Crippen LogP contribution is -2.45. The van der Waals surface area contributed by atoms with Crippen molar-refractivity contribution in [3.05, 3.63) is 35.4 Å². The van der Waals surface area contributed by atoms with Gasteiger partial charge in [-0.3, -0.25) is 0 Å². The van der Waals surface area contributed by atoms with Gasteiger partial charge in [-0.05, 0) is 18.9 Å². The fourth-order valence-electron chi connectivity index (χ4n) is 2.45. The number of amides is 2. The SMILES string of the molecule is Cc1cc(C(F)(F)F)nc(CNC(=O)N2CC=CC2C(C)C)n1. The van der Waals surface area contributed by atoms with Crippen LogP contribution in [0.15, 0.2) is 18.2 Å². The monoisotopic (exact) mass is 328 g/mol. The Balaban J connectivity index is 2.04. The van der Waals surface area contributed by atoms with Crippen molar-refractivity contribution < 1.29 is 18.0 Å². The van der Waals surface area contributed by atoms with Gasteiger partial charge in [-0.2, -0.15) is 13.2 Å². The maximum atomic E-state index is 12.7. The summed E-state index contributed by atoms with van der Waals surface area (Å²) in [6.07, 6.45) is -0.682. The average molecular weight is 328 g/mol. The number of aromatic nitrogens is 2. The first kappa shape index (κ1) is 17.2. The molecule has 2 heterocycles. The molecule has 0 fully saturated rings. The van der Waals surface area contributed by atoms with Crippen LogP contribution in [0, 0.1) is 12.8 Å². The summed E-state index contributed by atoms with van der Waals surface area (Å²) in [7, 11) is 0. The molecule has 0 spiro atoms. The number of alkyl halides is 3. The molecule has 1 aromatic heterocycles. The first-order chi connectivity index (χ1) is 10.7. The molecule has 8 heteroatoms. The maximum absolute atomic E-state index is 12.7. The van der Waals surface area contributed by atoms with E-state index in [-0.39, 0.29) is 36.1 Å². The van der Waals surface area contributed by atoms with Gasteiger partial charge in [0, 0.05) is 12.2 Å². The molecule has 1 unspecified atom stereocenters. The minimum atomic E-state index is -4.53. The number of hydrogen-bond acceptors (Lipinski definition) is 3. The summed E-state index contributed by atoms with van der Waals surface area (Å²) in [5.41, 5.74) is -0.795. The summed E-state index contributed by atoms with van der Waals surface area (Å²) in [5.74, 6) is 0.200. The lowest BCUT2D eigenvalue weighted by atomic mass is 10.1. The van der Waals surface area contributed by atoms with E-state index in [0.717, 1.165) is 6.07 Å². The number of carbonyl (C=O) groups excluding carboxylic acids is 1. The number of aryl methyl sites for hydroxylation is 1. The molecule has 1 atom stereocenters. The van der Waals surface area contributed by atoms with Crippen LogP contribution in [0.4, 0.5) is 18.0 Å². The highest BCUT2D eigenvalue weighted by atomic mass is 19.4. The molecule has 0 saturated heterocycles. The van der Waals surface area contributed by atoms with Crippen molar-refractivity contribution in [3.8, 4) is 0 Å². The highest BCUT2D eigenvalue weighted by Crippen LogP contribution is 2.27. The number of halogens is 3. The van der Waals surface area contributed by atoms with E-state index in [1.165, 1.54) is 6.92 Å². The van der Waals surface area contributed by atoms with Crippen molar-refractivity contribution >= 4 is 6.03 Å². The lowest BCUT2D eigenvalue weighted by Gasteiger charge is -2.27. The Morgan fingerprint density at radius 3 is 2.74 bits per heavy atom. The minimum Gasteiger partial charge on any atom is -0.331 e. The van der Waals surface area contributed by atoms with Crippen molar-refractivity contribution in [2.45, 2.75) is 39.5 Å². The third-order valence-electron chi connectivity index (χ3n) is 3.53. The summed E-state index contributed by atoms with van der Waals surface area (Å²) in [4.78, 5) is 21.2. The number of urea groups is 1. The molecule has 2 amide bonds. The third-order valence-corrected chi connectivity index (χ3v) is 3.53. The van der Waals surface area contributed by atoms with E-state index in [2.05, 4.69) is 15.3 Å². The second kappa shape index (κ2) is 6.55. The van der Waals surface area contributed by atoms with Gasteiger partial charge in [-0.1, -0.05) is 26.0 Å². The van der Waals surface area contributed by atoms with Gasteiger partial charge in [-0.25, -0.2) is 14.8 Å². The summed E-state index contributed by atoms with van der Waals surface area (Å²) < 4.78 is 38.2. The largest absolute Gasteiger partial charge is 0.433 e. The molecule has 0 aliphatic carbocycles. The number of hydrogen-bond donors (Lipinski definition) is 1. The van der Waals surface area contributed by atoms with Gasteiger partial charge in [0.1, 0.15) is 11.5 Å². The zero-order valence-electron chi connectivity index (χ0n) is 13.2. The molecule has 0 saturated carbocycles. The van der Waals surface area contributed by atoms with Crippen LogP contribution in [0.25, 0.3) is 0 Å². The number of carbonyl (C=O) groups is 1. The van der Waals surface area contributed by atoms with Crippen LogP contribution in [0.3, 0.4) is 0 Å².